The number of ether oxygens (including phenoxy) is 3. The number of likely N-dealkylation sites (N-methyl/N-ethyl adjacent to an activating group) is 1. The smallest absolute Gasteiger partial charge is 0.161 e. The van der Waals surface area contributed by atoms with E-state index >= 15 is 0 Å². The van der Waals surface area contributed by atoms with E-state index in [0.29, 0.717) is 6.10 Å². The maximum Gasteiger partial charge on any atom is 0.161 e. The molecule has 118 valence electrons. The van der Waals surface area contributed by atoms with Gasteiger partial charge in [0.1, 0.15) is 0 Å². The lowest BCUT2D eigenvalue weighted by molar-refractivity contribution is 0.107. The van der Waals surface area contributed by atoms with Gasteiger partial charge >= 0.3 is 0 Å². The first-order valence-electron chi connectivity index (χ1n) is 7.36. The second kappa shape index (κ2) is 7.64. The summed E-state index contributed by atoms with van der Waals surface area (Å²) in [5.41, 5.74) is 1.20. The third-order valence-corrected chi connectivity index (χ3v) is 4.16. The highest BCUT2D eigenvalue weighted by atomic mass is 16.5. The summed E-state index contributed by atoms with van der Waals surface area (Å²) in [6.45, 7) is 3.05. The molecule has 0 spiro atoms. The van der Waals surface area contributed by atoms with Crippen LogP contribution in [0, 0.1) is 0 Å². The van der Waals surface area contributed by atoms with E-state index in [1.54, 1.807) is 21.3 Å². The van der Waals surface area contributed by atoms with E-state index in [-0.39, 0.29) is 6.04 Å². The van der Waals surface area contributed by atoms with Gasteiger partial charge in [-0.1, -0.05) is 6.07 Å². The molecule has 1 aromatic carbocycles. The van der Waals surface area contributed by atoms with Crippen molar-refractivity contribution in [1.82, 2.24) is 10.2 Å². The van der Waals surface area contributed by atoms with Crippen LogP contribution < -0.4 is 14.8 Å². The maximum atomic E-state index is 5.43. The summed E-state index contributed by atoms with van der Waals surface area (Å²) in [4.78, 5) is 2.44. The number of methoxy groups -OCH3 is 3. The van der Waals surface area contributed by atoms with Crippen LogP contribution in [0.3, 0.4) is 0 Å². The predicted octanol–water partition coefficient (Wildman–Crippen LogP) is 1.68. The lowest BCUT2D eigenvalue weighted by Gasteiger charge is -2.24. The van der Waals surface area contributed by atoms with Crippen LogP contribution in [0.15, 0.2) is 18.2 Å². The number of benzene rings is 1. The van der Waals surface area contributed by atoms with Gasteiger partial charge < -0.3 is 19.5 Å². The Morgan fingerprint density at radius 2 is 2.00 bits per heavy atom. The molecule has 1 N–H and O–H groups in total. The molecule has 1 saturated heterocycles. The molecule has 0 bridgehead atoms. The highest BCUT2D eigenvalue weighted by Gasteiger charge is 2.24. The van der Waals surface area contributed by atoms with Gasteiger partial charge in [0.05, 0.1) is 20.3 Å². The fourth-order valence-corrected chi connectivity index (χ4v) is 2.85. The average molecular weight is 294 g/mol. The first kappa shape index (κ1) is 16.1. The van der Waals surface area contributed by atoms with Crippen LogP contribution in [-0.4, -0.2) is 59.0 Å². The van der Waals surface area contributed by atoms with E-state index in [0.717, 1.165) is 37.6 Å². The molecular weight excluding hydrogens is 268 g/mol. The van der Waals surface area contributed by atoms with Crippen molar-refractivity contribution < 1.29 is 14.2 Å². The lowest BCUT2D eigenvalue weighted by atomic mass is 10.1. The molecule has 5 heteroatoms. The normalized spacial score (nSPS) is 20.5. The SMILES string of the molecule is CNC(CN1CCC(OC)C1)c1ccc(OC)c(OC)c1. The highest BCUT2D eigenvalue weighted by Crippen LogP contribution is 2.30. The summed E-state index contributed by atoms with van der Waals surface area (Å²) in [5.74, 6) is 1.53. The van der Waals surface area contributed by atoms with Gasteiger partial charge in [-0.05, 0) is 31.2 Å². The molecular formula is C16H26N2O3. The Kier molecular flexibility index (Phi) is 5.85. The zero-order valence-corrected chi connectivity index (χ0v) is 13.4. The Balaban J connectivity index is 2.07. The molecule has 0 saturated carbocycles. The van der Waals surface area contributed by atoms with E-state index in [1.165, 1.54) is 5.56 Å². The summed E-state index contributed by atoms with van der Waals surface area (Å²) in [7, 11) is 7.10. The van der Waals surface area contributed by atoms with Crippen molar-refractivity contribution in [2.75, 3.05) is 48.0 Å². The Labute approximate surface area is 127 Å². The van der Waals surface area contributed by atoms with Crippen LogP contribution >= 0.6 is 0 Å². The molecule has 0 amide bonds. The molecule has 2 rings (SSSR count). The molecule has 21 heavy (non-hydrogen) atoms. The molecule has 1 heterocycles. The topological polar surface area (TPSA) is 43.0 Å². The summed E-state index contributed by atoms with van der Waals surface area (Å²) in [5, 5.41) is 3.39. The van der Waals surface area contributed by atoms with Gasteiger partial charge in [-0.25, -0.2) is 0 Å². The number of nitrogens with one attached hydrogen (secondary N) is 1. The van der Waals surface area contributed by atoms with Crippen molar-refractivity contribution >= 4 is 0 Å². The monoisotopic (exact) mass is 294 g/mol. The summed E-state index contributed by atoms with van der Waals surface area (Å²) < 4.78 is 16.1. The Hall–Kier alpha value is -1.30. The van der Waals surface area contributed by atoms with Crippen molar-refractivity contribution in [3.63, 3.8) is 0 Å². The van der Waals surface area contributed by atoms with Crippen LogP contribution in [0.25, 0.3) is 0 Å². The molecule has 0 aliphatic carbocycles. The average Bonchev–Trinajstić information content (AvgIpc) is 2.99. The van der Waals surface area contributed by atoms with Gasteiger partial charge in [0.25, 0.3) is 0 Å². The van der Waals surface area contributed by atoms with Gasteiger partial charge in [0.2, 0.25) is 0 Å². The fourth-order valence-electron chi connectivity index (χ4n) is 2.85. The fraction of sp³-hybridized carbons (Fsp3) is 0.625. The highest BCUT2D eigenvalue weighted by molar-refractivity contribution is 5.43. The summed E-state index contributed by atoms with van der Waals surface area (Å²) in [6, 6.07) is 6.36. The van der Waals surface area contributed by atoms with E-state index in [4.69, 9.17) is 14.2 Å². The van der Waals surface area contributed by atoms with Gasteiger partial charge in [0, 0.05) is 32.8 Å². The zero-order chi connectivity index (χ0) is 15.2. The molecule has 0 aromatic heterocycles. The number of nitrogens with zero attached hydrogens (tertiary/aromatic N) is 1. The minimum absolute atomic E-state index is 0.264. The second-order valence-electron chi connectivity index (χ2n) is 5.36. The second-order valence-corrected chi connectivity index (χ2v) is 5.36. The standard InChI is InChI=1S/C16H26N2O3/c1-17-14(11-18-8-7-13(10-18)19-2)12-5-6-15(20-3)16(9-12)21-4/h5-6,9,13-14,17H,7-8,10-11H2,1-4H3. The minimum atomic E-state index is 0.264. The predicted molar refractivity (Wildman–Crippen MR) is 83.2 cm³/mol. The van der Waals surface area contributed by atoms with E-state index in [1.807, 2.05) is 19.2 Å². The quantitative estimate of drug-likeness (QED) is 0.829. The van der Waals surface area contributed by atoms with Crippen LogP contribution in [-0.2, 0) is 4.74 Å². The molecule has 1 fully saturated rings. The Morgan fingerprint density at radius 3 is 2.57 bits per heavy atom. The summed E-state index contributed by atoms with van der Waals surface area (Å²) in [6.07, 6.45) is 1.48. The van der Waals surface area contributed by atoms with Gasteiger partial charge in [0.15, 0.2) is 11.5 Å². The van der Waals surface area contributed by atoms with Crippen molar-refractivity contribution in [2.24, 2.45) is 0 Å². The first-order chi connectivity index (χ1) is 10.2. The zero-order valence-electron chi connectivity index (χ0n) is 13.4. The van der Waals surface area contributed by atoms with Crippen molar-refractivity contribution in [3.8, 4) is 11.5 Å². The molecule has 2 unspecified atom stereocenters. The Bertz CT molecular complexity index is 453. The van der Waals surface area contributed by atoms with Crippen LogP contribution in [0.4, 0.5) is 0 Å². The van der Waals surface area contributed by atoms with Gasteiger partial charge in [-0.15, -0.1) is 0 Å². The number of rotatable bonds is 7. The number of hydrogen-bond donors (Lipinski definition) is 1. The van der Waals surface area contributed by atoms with Crippen molar-refractivity contribution in [3.05, 3.63) is 23.8 Å². The lowest BCUT2D eigenvalue weighted by Crippen LogP contribution is -2.33. The largest absolute Gasteiger partial charge is 0.493 e. The third kappa shape index (κ3) is 3.87. The van der Waals surface area contributed by atoms with Crippen LogP contribution in [0.5, 0.6) is 11.5 Å². The first-order valence-corrected chi connectivity index (χ1v) is 7.36. The molecule has 0 radical (unpaired) electrons. The Morgan fingerprint density at radius 1 is 1.24 bits per heavy atom. The van der Waals surface area contributed by atoms with Crippen molar-refractivity contribution in [2.45, 2.75) is 18.6 Å². The molecule has 1 aliphatic heterocycles. The van der Waals surface area contributed by atoms with E-state index in [9.17, 15) is 0 Å². The number of hydrogen-bond acceptors (Lipinski definition) is 5. The third-order valence-electron chi connectivity index (χ3n) is 4.16. The van der Waals surface area contributed by atoms with Gasteiger partial charge in [-0.2, -0.15) is 0 Å². The van der Waals surface area contributed by atoms with E-state index in [2.05, 4.69) is 16.3 Å². The summed E-state index contributed by atoms with van der Waals surface area (Å²) >= 11 is 0. The van der Waals surface area contributed by atoms with Crippen molar-refractivity contribution in [1.29, 1.82) is 0 Å². The van der Waals surface area contributed by atoms with Crippen LogP contribution in [0.1, 0.15) is 18.0 Å². The van der Waals surface area contributed by atoms with E-state index < -0.39 is 0 Å². The maximum absolute atomic E-state index is 5.43. The number of likely N-dealkylation sites (tertiary alicyclic amines) is 1. The minimum Gasteiger partial charge on any atom is -0.493 e. The molecule has 5 nitrogen and oxygen atoms in total. The molecule has 1 aromatic rings. The molecule has 2 atom stereocenters. The van der Waals surface area contributed by atoms with Gasteiger partial charge in [-0.3, -0.25) is 4.90 Å². The van der Waals surface area contributed by atoms with Crippen LogP contribution in [0.2, 0.25) is 0 Å². The molecule has 1 aliphatic rings.